The molecule has 0 spiro atoms. The number of anilines is 1. The number of likely N-dealkylation sites (N-methyl/N-ethyl adjacent to an activating group) is 1. The molecule has 5 nitrogen and oxygen atoms in total. The van der Waals surface area contributed by atoms with Crippen LogP contribution in [0.25, 0.3) is 10.2 Å². The Balaban J connectivity index is 1.75. The topological polar surface area (TPSA) is 45.7 Å². The zero-order valence-corrected chi connectivity index (χ0v) is 17.5. The Labute approximate surface area is 170 Å². The van der Waals surface area contributed by atoms with Crippen molar-refractivity contribution < 1.29 is 9.53 Å². The van der Waals surface area contributed by atoms with E-state index in [1.54, 1.807) is 16.2 Å². The first-order valence-electron chi connectivity index (χ1n) is 9.68. The highest BCUT2D eigenvalue weighted by Gasteiger charge is 2.21. The van der Waals surface area contributed by atoms with Gasteiger partial charge in [-0.05, 0) is 44.3 Å². The number of aromatic nitrogens is 1. The molecule has 0 N–H and O–H groups in total. The summed E-state index contributed by atoms with van der Waals surface area (Å²) in [5, 5.41) is 0.728. The monoisotopic (exact) mass is 397 g/mol. The largest absolute Gasteiger partial charge is 0.484 e. The number of fused-ring (bicyclic) bond motifs is 1. The molecule has 0 aliphatic heterocycles. The molecule has 0 unspecified atom stereocenters. The van der Waals surface area contributed by atoms with Crippen molar-refractivity contribution >= 4 is 32.6 Å². The maximum atomic E-state index is 13.0. The zero-order chi connectivity index (χ0) is 19.9. The second kappa shape index (κ2) is 9.66. The molecule has 3 rings (SSSR count). The lowest BCUT2D eigenvalue weighted by Crippen LogP contribution is -2.41. The van der Waals surface area contributed by atoms with E-state index in [0.717, 1.165) is 40.5 Å². The van der Waals surface area contributed by atoms with Crippen LogP contribution in [-0.2, 0) is 4.79 Å². The SMILES string of the molecule is CCN(CC)CCN(C(=O)COc1ccc(C)cc1)c1nc2ccccc2s1. The van der Waals surface area contributed by atoms with Gasteiger partial charge in [-0.2, -0.15) is 0 Å². The minimum atomic E-state index is -0.0770. The van der Waals surface area contributed by atoms with Gasteiger partial charge in [0.05, 0.1) is 10.2 Å². The maximum absolute atomic E-state index is 13.0. The summed E-state index contributed by atoms with van der Waals surface area (Å²) in [6, 6.07) is 15.7. The lowest BCUT2D eigenvalue weighted by atomic mass is 10.2. The van der Waals surface area contributed by atoms with Gasteiger partial charge in [0.2, 0.25) is 0 Å². The predicted molar refractivity (Wildman–Crippen MR) is 116 cm³/mol. The van der Waals surface area contributed by atoms with Crippen LogP contribution in [0, 0.1) is 6.92 Å². The van der Waals surface area contributed by atoms with E-state index in [2.05, 4.69) is 23.7 Å². The molecule has 28 heavy (non-hydrogen) atoms. The number of rotatable bonds is 9. The normalized spacial score (nSPS) is 11.1. The molecule has 0 fully saturated rings. The van der Waals surface area contributed by atoms with Gasteiger partial charge in [0.15, 0.2) is 11.7 Å². The van der Waals surface area contributed by atoms with Gasteiger partial charge in [0.1, 0.15) is 5.75 Å². The molecule has 1 amide bonds. The standard InChI is InChI=1S/C22H27N3O2S/c1-4-24(5-2)14-15-25(22-23-19-8-6-7-9-20(19)28-22)21(26)16-27-18-12-10-17(3)11-13-18/h6-13H,4-5,14-16H2,1-3H3. The Morgan fingerprint density at radius 2 is 1.75 bits per heavy atom. The number of aryl methyl sites for hydroxylation is 1. The van der Waals surface area contributed by atoms with E-state index in [4.69, 9.17) is 4.74 Å². The van der Waals surface area contributed by atoms with Crippen LogP contribution in [0.4, 0.5) is 5.13 Å². The van der Waals surface area contributed by atoms with Gasteiger partial charge in [0.25, 0.3) is 5.91 Å². The van der Waals surface area contributed by atoms with Gasteiger partial charge < -0.3 is 9.64 Å². The van der Waals surface area contributed by atoms with Crippen molar-refractivity contribution in [3.8, 4) is 5.75 Å². The quantitative estimate of drug-likeness (QED) is 0.538. The van der Waals surface area contributed by atoms with E-state index < -0.39 is 0 Å². The average Bonchev–Trinajstić information content (AvgIpc) is 3.14. The van der Waals surface area contributed by atoms with E-state index in [0.29, 0.717) is 12.3 Å². The number of hydrogen-bond donors (Lipinski definition) is 0. The van der Waals surface area contributed by atoms with Crippen LogP contribution in [0.5, 0.6) is 5.75 Å². The number of carbonyl (C=O) groups excluding carboxylic acids is 1. The van der Waals surface area contributed by atoms with Crippen molar-refractivity contribution in [1.29, 1.82) is 0 Å². The lowest BCUT2D eigenvalue weighted by Gasteiger charge is -2.24. The first kappa shape index (κ1) is 20.3. The van der Waals surface area contributed by atoms with E-state index in [1.807, 2.05) is 55.5 Å². The molecule has 148 valence electrons. The summed E-state index contributed by atoms with van der Waals surface area (Å²) in [6.45, 7) is 9.60. The molecule has 3 aromatic rings. The van der Waals surface area contributed by atoms with Crippen molar-refractivity contribution in [2.24, 2.45) is 0 Å². The second-order valence-corrected chi connectivity index (χ2v) is 7.65. The summed E-state index contributed by atoms with van der Waals surface area (Å²) in [4.78, 5) is 21.7. The Morgan fingerprint density at radius 3 is 2.43 bits per heavy atom. The molecule has 2 aromatic carbocycles. The Kier molecular flexibility index (Phi) is 7.01. The third-order valence-corrected chi connectivity index (χ3v) is 5.79. The number of hydrogen-bond acceptors (Lipinski definition) is 5. The summed E-state index contributed by atoms with van der Waals surface area (Å²) >= 11 is 1.54. The first-order chi connectivity index (χ1) is 13.6. The summed E-state index contributed by atoms with van der Waals surface area (Å²) in [7, 11) is 0. The van der Waals surface area contributed by atoms with Crippen LogP contribution >= 0.6 is 11.3 Å². The molecule has 0 radical (unpaired) electrons. The van der Waals surface area contributed by atoms with Gasteiger partial charge in [-0.15, -0.1) is 0 Å². The highest BCUT2D eigenvalue weighted by Crippen LogP contribution is 2.28. The fraction of sp³-hybridized carbons (Fsp3) is 0.364. The minimum Gasteiger partial charge on any atom is -0.484 e. The third-order valence-electron chi connectivity index (χ3n) is 4.73. The molecule has 0 atom stereocenters. The molecular formula is C22H27N3O2S. The Bertz CT molecular complexity index is 871. The smallest absolute Gasteiger partial charge is 0.266 e. The van der Waals surface area contributed by atoms with Crippen molar-refractivity contribution in [3.63, 3.8) is 0 Å². The van der Waals surface area contributed by atoms with Crippen molar-refractivity contribution in [1.82, 2.24) is 9.88 Å². The van der Waals surface area contributed by atoms with Gasteiger partial charge in [-0.1, -0.05) is 55.0 Å². The molecule has 0 saturated carbocycles. The number of amides is 1. The molecule has 6 heteroatoms. The molecular weight excluding hydrogens is 370 g/mol. The van der Waals surface area contributed by atoms with Gasteiger partial charge in [-0.3, -0.25) is 9.69 Å². The number of para-hydroxylation sites is 1. The summed E-state index contributed by atoms with van der Waals surface area (Å²) in [6.07, 6.45) is 0. The molecule has 1 heterocycles. The first-order valence-corrected chi connectivity index (χ1v) is 10.5. The number of thiazole rings is 1. The van der Waals surface area contributed by atoms with Crippen LogP contribution in [0.15, 0.2) is 48.5 Å². The Morgan fingerprint density at radius 1 is 1.04 bits per heavy atom. The summed E-state index contributed by atoms with van der Waals surface area (Å²) in [5.41, 5.74) is 2.08. The summed E-state index contributed by atoms with van der Waals surface area (Å²) in [5.74, 6) is 0.624. The lowest BCUT2D eigenvalue weighted by molar-refractivity contribution is -0.120. The van der Waals surface area contributed by atoms with E-state index in [1.165, 1.54) is 0 Å². The van der Waals surface area contributed by atoms with Gasteiger partial charge in [0, 0.05) is 13.1 Å². The van der Waals surface area contributed by atoms with E-state index in [9.17, 15) is 4.79 Å². The average molecular weight is 398 g/mol. The predicted octanol–water partition coefficient (Wildman–Crippen LogP) is 4.36. The highest BCUT2D eigenvalue weighted by atomic mass is 32.1. The second-order valence-electron chi connectivity index (χ2n) is 6.64. The van der Waals surface area contributed by atoms with Crippen LogP contribution in [0.2, 0.25) is 0 Å². The molecule has 0 bridgehead atoms. The number of carbonyl (C=O) groups is 1. The maximum Gasteiger partial charge on any atom is 0.266 e. The number of benzene rings is 2. The Hall–Kier alpha value is -2.44. The van der Waals surface area contributed by atoms with Crippen LogP contribution < -0.4 is 9.64 Å². The van der Waals surface area contributed by atoms with Crippen molar-refractivity contribution in [3.05, 3.63) is 54.1 Å². The van der Waals surface area contributed by atoms with E-state index >= 15 is 0 Å². The fourth-order valence-corrected chi connectivity index (χ4v) is 3.95. The molecule has 0 saturated heterocycles. The zero-order valence-electron chi connectivity index (χ0n) is 16.7. The molecule has 0 aliphatic carbocycles. The number of ether oxygens (including phenoxy) is 1. The van der Waals surface area contributed by atoms with Crippen molar-refractivity contribution in [2.45, 2.75) is 20.8 Å². The van der Waals surface area contributed by atoms with Gasteiger partial charge in [-0.25, -0.2) is 4.98 Å². The summed E-state index contributed by atoms with van der Waals surface area (Å²) < 4.78 is 6.81. The highest BCUT2D eigenvalue weighted by molar-refractivity contribution is 7.22. The number of nitrogens with zero attached hydrogens (tertiary/aromatic N) is 3. The fourth-order valence-electron chi connectivity index (χ4n) is 2.94. The molecule has 0 aliphatic rings. The van der Waals surface area contributed by atoms with Crippen LogP contribution in [-0.4, -0.2) is 48.6 Å². The van der Waals surface area contributed by atoms with Gasteiger partial charge >= 0.3 is 0 Å². The molecule has 1 aromatic heterocycles. The van der Waals surface area contributed by atoms with E-state index in [-0.39, 0.29) is 12.5 Å². The van der Waals surface area contributed by atoms with Crippen LogP contribution in [0.1, 0.15) is 19.4 Å². The van der Waals surface area contributed by atoms with Crippen LogP contribution in [0.3, 0.4) is 0 Å². The van der Waals surface area contributed by atoms with Crippen molar-refractivity contribution in [2.75, 3.05) is 37.7 Å². The third kappa shape index (κ3) is 5.09. The minimum absolute atomic E-state index is 0.00274.